The highest BCUT2D eigenvalue weighted by atomic mass is 19.1. The molecule has 0 radical (unpaired) electrons. The van der Waals surface area contributed by atoms with Crippen molar-refractivity contribution in [1.82, 2.24) is 5.43 Å². The van der Waals surface area contributed by atoms with Crippen LogP contribution in [0.2, 0.25) is 0 Å². The lowest BCUT2D eigenvalue weighted by atomic mass is 10.2. The van der Waals surface area contributed by atoms with Crippen LogP contribution in [0.3, 0.4) is 0 Å². The van der Waals surface area contributed by atoms with E-state index in [1.165, 1.54) is 24.4 Å². The number of nitrogens with zero attached hydrogens (tertiary/aromatic N) is 1. The number of hydrogen-bond acceptors (Lipinski definition) is 4. The second kappa shape index (κ2) is 10.2. The molecule has 2 aromatic carbocycles. The third kappa shape index (κ3) is 5.58. The van der Waals surface area contributed by atoms with Crippen LogP contribution in [-0.4, -0.2) is 25.3 Å². The molecule has 0 fully saturated rings. The Bertz CT molecular complexity index is 762. The Balaban J connectivity index is 2.09. The fourth-order valence-corrected chi connectivity index (χ4v) is 2.13. The smallest absolute Gasteiger partial charge is 0.274 e. The van der Waals surface area contributed by atoms with Gasteiger partial charge >= 0.3 is 0 Å². The predicted octanol–water partition coefficient (Wildman–Crippen LogP) is 4.17. The Morgan fingerprint density at radius 3 is 2.58 bits per heavy atom. The molecule has 0 spiro atoms. The third-order valence-corrected chi connectivity index (χ3v) is 3.41. The molecule has 0 saturated carbocycles. The summed E-state index contributed by atoms with van der Waals surface area (Å²) in [6.07, 6.45) is 3.24. The number of hydrogen-bond donors (Lipinski definition) is 1. The molecule has 0 aliphatic heterocycles. The number of amides is 1. The summed E-state index contributed by atoms with van der Waals surface area (Å²) >= 11 is 0. The maximum atomic E-state index is 13.6. The molecule has 138 valence electrons. The molecule has 26 heavy (non-hydrogen) atoms. The highest BCUT2D eigenvalue weighted by molar-refractivity contribution is 5.95. The molecule has 6 heteroatoms. The van der Waals surface area contributed by atoms with Crippen molar-refractivity contribution in [3.63, 3.8) is 0 Å². The van der Waals surface area contributed by atoms with E-state index in [0.717, 1.165) is 12.8 Å². The first-order valence-electron chi connectivity index (χ1n) is 8.63. The van der Waals surface area contributed by atoms with Gasteiger partial charge in [0, 0.05) is 11.6 Å². The number of halogens is 1. The summed E-state index contributed by atoms with van der Waals surface area (Å²) in [6.45, 7) is 5.23. The summed E-state index contributed by atoms with van der Waals surface area (Å²) in [6, 6.07) is 11.1. The minimum atomic E-state index is -0.613. The van der Waals surface area contributed by atoms with Crippen LogP contribution in [0.1, 0.15) is 42.6 Å². The Labute approximate surface area is 152 Å². The van der Waals surface area contributed by atoms with Crippen molar-refractivity contribution in [2.24, 2.45) is 5.10 Å². The lowest BCUT2D eigenvalue weighted by Gasteiger charge is -2.11. The molecule has 0 bridgehead atoms. The second-order valence-corrected chi connectivity index (χ2v) is 5.58. The van der Waals surface area contributed by atoms with E-state index < -0.39 is 11.7 Å². The van der Waals surface area contributed by atoms with E-state index in [4.69, 9.17) is 9.47 Å². The van der Waals surface area contributed by atoms with Crippen LogP contribution in [0.5, 0.6) is 11.5 Å². The zero-order chi connectivity index (χ0) is 18.8. The minimum Gasteiger partial charge on any atom is -0.493 e. The van der Waals surface area contributed by atoms with Crippen molar-refractivity contribution < 1.29 is 18.7 Å². The van der Waals surface area contributed by atoms with Gasteiger partial charge in [0.15, 0.2) is 0 Å². The van der Waals surface area contributed by atoms with Gasteiger partial charge < -0.3 is 9.47 Å². The van der Waals surface area contributed by atoms with Gasteiger partial charge in [0.05, 0.1) is 25.0 Å². The van der Waals surface area contributed by atoms with Crippen LogP contribution in [0.4, 0.5) is 4.39 Å². The molecule has 2 aromatic rings. The molecule has 1 N–H and O–H groups in total. The molecule has 0 atom stereocenters. The van der Waals surface area contributed by atoms with Gasteiger partial charge in [-0.25, -0.2) is 9.82 Å². The number of carbonyl (C=O) groups is 1. The Morgan fingerprint density at radius 2 is 1.85 bits per heavy atom. The van der Waals surface area contributed by atoms with Crippen LogP contribution in [-0.2, 0) is 0 Å². The standard InChI is InChI=1S/C20H23FN2O3/c1-3-11-25-16-10-9-15(19(13-16)26-12-4-2)14-22-23-20(24)17-7-5-6-8-18(17)21/h5-10,13-14H,3-4,11-12H2,1-2H3,(H,23,24)/b22-14-. The Kier molecular flexibility index (Phi) is 7.61. The number of ether oxygens (including phenoxy) is 2. The summed E-state index contributed by atoms with van der Waals surface area (Å²) in [7, 11) is 0. The molecular weight excluding hydrogens is 335 g/mol. The van der Waals surface area contributed by atoms with Crippen LogP contribution in [0.15, 0.2) is 47.6 Å². The summed E-state index contributed by atoms with van der Waals surface area (Å²) in [4.78, 5) is 12.0. The van der Waals surface area contributed by atoms with Crippen LogP contribution in [0.25, 0.3) is 0 Å². The highest BCUT2D eigenvalue weighted by Crippen LogP contribution is 2.24. The number of nitrogens with one attached hydrogen (secondary N) is 1. The van der Waals surface area contributed by atoms with Gasteiger partial charge in [0.1, 0.15) is 17.3 Å². The average Bonchev–Trinajstić information content (AvgIpc) is 2.66. The van der Waals surface area contributed by atoms with E-state index in [0.29, 0.717) is 30.3 Å². The van der Waals surface area contributed by atoms with Crippen molar-refractivity contribution in [1.29, 1.82) is 0 Å². The summed E-state index contributed by atoms with van der Waals surface area (Å²) in [5.41, 5.74) is 2.96. The average molecular weight is 358 g/mol. The molecule has 0 unspecified atom stereocenters. The van der Waals surface area contributed by atoms with Crippen molar-refractivity contribution in [2.75, 3.05) is 13.2 Å². The monoisotopic (exact) mass is 358 g/mol. The second-order valence-electron chi connectivity index (χ2n) is 5.58. The normalized spacial score (nSPS) is 10.7. The van der Waals surface area contributed by atoms with E-state index >= 15 is 0 Å². The first-order chi connectivity index (χ1) is 12.7. The summed E-state index contributed by atoms with van der Waals surface area (Å²) < 4.78 is 24.9. The molecule has 2 rings (SSSR count). The van der Waals surface area contributed by atoms with Crippen molar-refractivity contribution in [2.45, 2.75) is 26.7 Å². The maximum absolute atomic E-state index is 13.6. The topological polar surface area (TPSA) is 59.9 Å². The number of hydrazone groups is 1. The van der Waals surface area contributed by atoms with Crippen molar-refractivity contribution >= 4 is 12.1 Å². The molecule has 0 saturated heterocycles. The van der Waals surface area contributed by atoms with E-state index in [1.54, 1.807) is 18.2 Å². The first kappa shape index (κ1) is 19.4. The zero-order valence-corrected chi connectivity index (χ0v) is 15.0. The van der Waals surface area contributed by atoms with Gasteiger partial charge in [-0.15, -0.1) is 0 Å². The number of benzene rings is 2. The molecule has 1 amide bonds. The molecule has 5 nitrogen and oxygen atoms in total. The van der Waals surface area contributed by atoms with Crippen molar-refractivity contribution in [3.8, 4) is 11.5 Å². The quantitative estimate of drug-likeness (QED) is 0.541. The van der Waals surface area contributed by atoms with Gasteiger partial charge in [-0.2, -0.15) is 5.10 Å². The Morgan fingerprint density at radius 1 is 1.12 bits per heavy atom. The lowest BCUT2D eigenvalue weighted by Crippen LogP contribution is -2.19. The number of carbonyl (C=O) groups excluding carboxylic acids is 1. The molecule has 0 aliphatic rings. The fourth-order valence-electron chi connectivity index (χ4n) is 2.13. The third-order valence-electron chi connectivity index (χ3n) is 3.41. The predicted molar refractivity (Wildman–Crippen MR) is 99.5 cm³/mol. The number of rotatable bonds is 9. The molecular formula is C20H23FN2O3. The molecule has 0 aliphatic carbocycles. The SMILES string of the molecule is CCCOc1ccc(/C=N\NC(=O)c2ccccc2F)c(OCCC)c1. The largest absolute Gasteiger partial charge is 0.493 e. The minimum absolute atomic E-state index is 0.0598. The molecule has 0 aromatic heterocycles. The lowest BCUT2D eigenvalue weighted by molar-refractivity contribution is 0.0951. The van der Waals surface area contributed by atoms with E-state index in [1.807, 2.05) is 19.9 Å². The first-order valence-corrected chi connectivity index (χ1v) is 8.63. The van der Waals surface area contributed by atoms with Crippen LogP contribution in [0, 0.1) is 5.82 Å². The highest BCUT2D eigenvalue weighted by Gasteiger charge is 2.10. The zero-order valence-electron chi connectivity index (χ0n) is 15.0. The van der Waals surface area contributed by atoms with Crippen LogP contribution >= 0.6 is 0 Å². The van der Waals surface area contributed by atoms with E-state index in [-0.39, 0.29) is 5.56 Å². The fraction of sp³-hybridized carbons (Fsp3) is 0.300. The van der Waals surface area contributed by atoms with E-state index in [2.05, 4.69) is 10.5 Å². The van der Waals surface area contributed by atoms with Gasteiger partial charge in [-0.05, 0) is 37.1 Å². The Hall–Kier alpha value is -2.89. The van der Waals surface area contributed by atoms with Gasteiger partial charge in [-0.1, -0.05) is 26.0 Å². The summed E-state index contributed by atoms with van der Waals surface area (Å²) in [5.74, 6) is 0.123. The van der Waals surface area contributed by atoms with Crippen molar-refractivity contribution in [3.05, 3.63) is 59.4 Å². The van der Waals surface area contributed by atoms with Gasteiger partial charge in [0.2, 0.25) is 0 Å². The van der Waals surface area contributed by atoms with E-state index in [9.17, 15) is 9.18 Å². The van der Waals surface area contributed by atoms with Gasteiger partial charge in [-0.3, -0.25) is 4.79 Å². The van der Waals surface area contributed by atoms with Gasteiger partial charge in [0.25, 0.3) is 5.91 Å². The van der Waals surface area contributed by atoms with Crippen LogP contribution < -0.4 is 14.9 Å². The summed E-state index contributed by atoms with van der Waals surface area (Å²) in [5, 5.41) is 3.91. The maximum Gasteiger partial charge on any atom is 0.274 e. The molecule has 0 heterocycles.